The van der Waals surface area contributed by atoms with Crippen molar-refractivity contribution in [1.82, 2.24) is 19.9 Å². The van der Waals surface area contributed by atoms with E-state index in [2.05, 4.69) is 25.2 Å². The van der Waals surface area contributed by atoms with Crippen LogP contribution in [0.15, 0.2) is 12.7 Å². The highest BCUT2D eigenvalue weighted by Gasteiger charge is 1.92. The molecule has 1 heterocycles. The molecule has 0 fully saturated rings. The quantitative estimate of drug-likeness (QED) is 0.675. The van der Waals surface area contributed by atoms with E-state index in [1.165, 1.54) is 12.7 Å². The van der Waals surface area contributed by atoms with Crippen LogP contribution in [0.1, 0.15) is 0 Å². The Labute approximate surface area is 71.9 Å². The zero-order valence-electron chi connectivity index (χ0n) is 7.36. The molecule has 5 heteroatoms. The smallest absolute Gasteiger partial charge is 0.225 e. The third-order valence-corrected chi connectivity index (χ3v) is 1.34. The topological polar surface area (TPSA) is 53.9 Å². The van der Waals surface area contributed by atoms with Crippen molar-refractivity contribution in [3.8, 4) is 0 Å². The van der Waals surface area contributed by atoms with Gasteiger partial charge in [0.1, 0.15) is 12.7 Å². The fourth-order valence-electron chi connectivity index (χ4n) is 0.722. The third kappa shape index (κ3) is 3.25. The van der Waals surface area contributed by atoms with Crippen molar-refractivity contribution in [3.05, 3.63) is 12.7 Å². The van der Waals surface area contributed by atoms with Gasteiger partial charge in [-0.1, -0.05) is 0 Å². The molecule has 1 rings (SSSR count). The fraction of sp³-hybridized carbons (Fsp3) is 0.571. The normalized spacial score (nSPS) is 10.2. The molecule has 0 aliphatic rings. The van der Waals surface area contributed by atoms with Gasteiger partial charge in [-0.25, -0.2) is 15.0 Å². The molecule has 1 aromatic heterocycles. The van der Waals surface area contributed by atoms with Gasteiger partial charge in [0.15, 0.2) is 0 Å². The molecule has 1 aromatic rings. The highest BCUT2D eigenvalue weighted by molar-refractivity contribution is 5.20. The summed E-state index contributed by atoms with van der Waals surface area (Å²) in [7, 11) is 4.05. The first kappa shape index (κ1) is 8.86. The molecule has 0 bridgehead atoms. The van der Waals surface area contributed by atoms with Crippen LogP contribution in [-0.4, -0.2) is 47.0 Å². The van der Waals surface area contributed by atoms with Gasteiger partial charge in [0.25, 0.3) is 0 Å². The molecular weight excluding hydrogens is 154 g/mol. The van der Waals surface area contributed by atoms with Gasteiger partial charge in [-0.3, -0.25) is 0 Å². The average Bonchev–Trinajstić information content (AvgIpc) is 2.05. The zero-order chi connectivity index (χ0) is 8.81. The van der Waals surface area contributed by atoms with E-state index in [0.717, 1.165) is 13.1 Å². The van der Waals surface area contributed by atoms with E-state index in [4.69, 9.17) is 0 Å². The Balaban J connectivity index is 2.25. The fourth-order valence-corrected chi connectivity index (χ4v) is 0.722. The minimum atomic E-state index is 0.631. The molecule has 12 heavy (non-hydrogen) atoms. The van der Waals surface area contributed by atoms with E-state index in [1.54, 1.807) is 0 Å². The molecule has 1 N–H and O–H groups in total. The summed E-state index contributed by atoms with van der Waals surface area (Å²) in [6.07, 6.45) is 2.95. The van der Waals surface area contributed by atoms with Gasteiger partial charge in [-0.15, -0.1) is 0 Å². The molecule has 0 aromatic carbocycles. The van der Waals surface area contributed by atoms with Gasteiger partial charge in [0, 0.05) is 13.1 Å². The number of hydrogen-bond donors (Lipinski definition) is 1. The summed E-state index contributed by atoms with van der Waals surface area (Å²) in [5.74, 6) is 0.631. The predicted octanol–water partition coefficient (Wildman–Crippen LogP) is -0.155. The second-order valence-corrected chi connectivity index (χ2v) is 2.69. The largest absolute Gasteiger partial charge is 0.353 e. The van der Waals surface area contributed by atoms with Crippen LogP contribution in [0.25, 0.3) is 0 Å². The summed E-state index contributed by atoms with van der Waals surface area (Å²) in [6, 6.07) is 0. The molecule has 0 radical (unpaired) electrons. The van der Waals surface area contributed by atoms with Gasteiger partial charge >= 0.3 is 0 Å². The van der Waals surface area contributed by atoms with Gasteiger partial charge in [0.2, 0.25) is 5.95 Å². The zero-order valence-corrected chi connectivity index (χ0v) is 7.36. The number of aromatic nitrogens is 3. The maximum absolute atomic E-state index is 3.92. The first-order valence-electron chi connectivity index (χ1n) is 3.79. The Kier molecular flexibility index (Phi) is 3.40. The van der Waals surface area contributed by atoms with Crippen molar-refractivity contribution in [1.29, 1.82) is 0 Å². The van der Waals surface area contributed by atoms with Crippen LogP contribution >= 0.6 is 0 Å². The van der Waals surface area contributed by atoms with Crippen LogP contribution in [0.4, 0.5) is 5.95 Å². The Hall–Kier alpha value is -1.23. The average molecular weight is 167 g/mol. The lowest BCUT2D eigenvalue weighted by Crippen LogP contribution is -2.21. The first-order valence-corrected chi connectivity index (χ1v) is 3.79. The van der Waals surface area contributed by atoms with Crippen LogP contribution in [0, 0.1) is 0 Å². The van der Waals surface area contributed by atoms with Crippen molar-refractivity contribution >= 4 is 5.95 Å². The van der Waals surface area contributed by atoms with Crippen molar-refractivity contribution in [2.45, 2.75) is 0 Å². The highest BCUT2D eigenvalue weighted by Crippen LogP contribution is 1.90. The van der Waals surface area contributed by atoms with E-state index < -0.39 is 0 Å². The van der Waals surface area contributed by atoms with Crippen molar-refractivity contribution in [2.24, 2.45) is 0 Å². The number of rotatable bonds is 4. The van der Waals surface area contributed by atoms with Crippen LogP contribution in [0.2, 0.25) is 0 Å². The SMILES string of the molecule is CN(C)CCNc1ncncn1. The molecule has 0 unspecified atom stereocenters. The summed E-state index contributed by atoms with van der Waals surface area (Å²) in [5.41, 5.74) is 0. The second kappa shape index (κ2) is 4.61. The number of hydrogen-bond acceptors (Lipinski definition) is 5. The van der Waals surface area contributed by atoms with E-state index in [-0.39, 0.29) is 0 Å². The van der Waals surface area contributed by atoms with Gasteiger partial charge in [0.05, 0.1) is 0 Å². The van der Waals surface area contributed by atoms with Gasteiger partial charge < -0.3 is 10.2 Å². The van der Waals surface area contributed by atoms with Crippen molar-refractivity contribution < 1.29 is 0 Å². The van der Waals surface area contributed by atoms with Crippen LogP contribution < -0.4 is 5.32 Å². The monoisotopic (exact) mass is 167 g/mol. The molecule has 0 aliphatic carbocycles. The van der Waals surface area contributed by atoms with Crippen LogP contribution in [-0.2, 0) is 0 Å². The summed E-state index contributed by atoms with van der Waals surface area (Å²) in [5, 5.41) is 3.07. The molecule has 0 saturated carbocycles. The Bertz CT molecular complexity index is 210. The third-order valence-electron chi connectivity index (χ3n) is 1.34. The molecule has 0 amide bonds. The van der Waals surface area contributed by atoms with Gasteiger partial charge in [-0.05, 0) is 14.1 Å². The summed E-state index contributed by atoms with van der Waals surface area (Å²) in [4.78, 5) is 13.7. The van der Waals surface area contributed by atoms with Gasteiger partial charge in [-0.2, -0.15) is 0 Å². The molecule has 0 atom stereocenters. The summed E-state index contributed by atoms with van der Waals surface area (Å²) >= 11 is 0. The summed E-state index contributed by atoms with van der Waals surface area (Å²) in [6.45, 7) is 1.81. The lowest BCUT2D eigenvalue weighted by molar-refractivity contribution is 0.425. The minimum Gasteiger partial charge on any atom is -0.353 e. The Morgan fingerprint density at radius 1 is 1.33 bits per heavy atom. The van der Waals surface area contributed by atoms with Crippen molar-refractivity contribution in [3.63, 3.8) is 0 Å². The molecule has 0 aliphatic heterocycles. The predicted molar refractivity (Wildman–Crippen MR) is 46.9 cm³/mol. The number of anilines is 1. The Morgan fingerprint density at radius 3 is 2.58 bits per heavy atom. The number of nitrogens with zero attached hydrogens (tertiary/aromatic N) is 4. The first-order chi connectivity index (χ1) is 5.79. The summed E-state index contributed by atoms with van der Waals surface area (Å²) < 4.78 is 0. The second-order valence-electron chi connectivity index (χ2n) is 2.69. The van der Waals surface area contributed by atoms with Crippen LogP contribution in [0.5, 0.6) is 0 Å². The Morgan fingerprint density at radius 2 is 2.00 bits per heavy atom. The lowest BCUT2D eigenvalue weighted by atomic mass is 10.6. The molecule has 0 saturated heterocycles. The van der Waals surface area contributed by atoms with Crippen LogP contribution in [0.3, 0.4) is 0 Å². The maximum atomic E-state index is 3.92. The molecular formula is C7H13N5. The standard InChI is InChI=1S/C7H13N5/c1-12(2)4-3-9-7-10-5-8-6-11-7/h5-6H,3-4H2,1-2H3,(H,8,9,10,11). The molecule has 0 spiro atoms. The number of likely N-dealkylation sites (N-methyl/N-ethyl adjacent to an activating group) is 1. The minimum absolute atomic E-state index is 0.631. The van der Waals surface area contributed by atoms with E-state index in [1.807, 2.05) is 14.1 Å². The lowest BCUT2D eigenvalue weighted by Gasteiger charge is -2.09. The van der Waals surface area contributed by atoms with Crippen molar-refractivity contribution in [2.75, 3.05) is 32.5 Å². The van der Waals surface area contributed by atoms with E-state index in [9.17, 15) is 0 Å². The molecule has 66 valence electrons. The number of nitrogens with one attached hydrogen (secondary N) is 1. The maximum Gasteiger partial charge on any atom is 0.225 e. The highest BCUT2D eigenvalue weighted by atomic mass is 15.1. The van der Waals surface area contributed by atoms with E-state index >= 15 is 0 Å². The van der Waals surface area contributed by atoms with E-state index in [0.29, 0.717) is 5.95 Å². The molecule has 5 nitrogen and oxygen atoms in total.